The lowest BCUT2D eigenvalue weighted by molar-refractivity contribution is -0.274. The van der Waals surface area contributed by atoms with Gasteiger partial charge in [0.05, 0.1) is 0 Å². The van der Waals surface area contributed by atoms with Gasteiger partial charge in [-0.3, -0.25) is 4.79 Å². The third-order valence-electron chi connectivity index (χ3n) is 5.00. The fourth-order valence-corrected chi connectivity index (χ4v) is 3.47. The van der Waals surface area contributed by atoms with Crippen LogP contribution in [0.3, 0.4) is 0 Å². The number of allylic oxidation sites excluding steroid dienone is 1. The van der Waals surface area contributed by atoms with Gasteiger partial charge in [-0.25, -0.2) is 5.84 Å². The summed E-state index contributed by atoms with van der Waals surface area (Å²) in [5.74, 6) is 11.4. The Morgan fingerprint density at radius 3 is 2.62 bits per heavy atom. The number of fused-ring (bicyclic) bond motifs is 1. The highest BCUT2D eigenvalue weighted by Gasteiger charge is 2.31. The molecule has 0 fully saturated rings. The Labute approximate surface area is 185 Å². The second-order valence-electron chi connectivity index (χ2n) is 7.45. The summed E-state index contributed by atoms with van der Waals surface area (Å²) in [4.78, 5) is 14.4. The number of nitrogens with two attached hydrogens (primary N) is 1. The first-order chi connectivity index (χ1) is 15.2. The van der Waals surface area contributed by atoms with E-state index in [1.54, 1.807) is 22.9 Å². The largest absolute Gasteiger partial charge is 0.573 e. The van der Waals surface area contributed by atoms with E-state index in [2.05, 4.69) is 16.6 Å². The maximum absolute atomic E-state index is 12.8. The maximum Gasteiger partial charge on any atom is 0.573 e. The minimum atomic E-state index is -4.73. The number of carbonyl (C=O) groups excluding carboxylic acids is 1. The lowest BCUT2D eigenvalue weighted by Gasteiger charge is -2.16. The molecule has 2 N–H and O–H groups in total. The number of hydrazine groups is 1. The smallest absolute Gasteiger partial charge is 0.406 e. The van der Waals surface area contributed by atoms with E-state index in [4.69, 9.17) is 5.84 Å². The van der Waals surface area contributed by atoms with E-state index in [9.17, 15) is 18.0 Å². The normalized spacial score (nSPS) is 13.5. The molecular formula is C24H24F3N3O2. The van der Waals surface area contributed by atoms with E-state index in [1.807, 2.05) is 25.3 Å². The van der Waals surface area contributed by atoms with Gasteiger partial charge in [0.15, 0.2) is 0 Å². The van der Waals surface area contributed by atoms with E-state index >= 15 is 0 Å². The molecule has 0 aliphatic carbocycles. The second kappa shape index (κ2) is 9.79. The van der Waals surface area contributed by atoms with Gasteiger partial charge >= 0.3 is 6.36 Å². The summed E-state index contributed by atoms with van der Waals surface area (Å²) < 4.78 is 40.8. The van der Waals surface area contributed by atoms with Crippen LogP contribution in [0.15, 0.2) is 48.7 Å². The molecule has 1 aliphatic rings. The van der Waals surface area contributed by atoms with Crippen LogP contribution in [-0.4, -0.2) is 28.7 Å². The standard InChI is InChI=1S/C24H24F3N3O2/c1-3-4-5-12-30(28)14-17(2)19-8-11-22-20(13-19)16-29(23(22)31)15-18-6-9-21(10-7-18)32-24(25,26)27/h6-11,13-14H,5,12,15-16,28H2,1-2H3/b17-14+. The van der Waals surface area contributed by atoms with Crippen molar-refractivity contribution >= 4 is 11.5 Å². The quantitative estimate of drug-likeness (QED) is 0.383. The molecule has 5 nitrogen and oxygen atoms in total. The molecule has 1 heterocycles. The molecule has 2 aromatic carbocycles. The van der Waals surface area contributed by atoms with Crippen molar-refractivity contribution in [1.82, 2.24) is 9.91 Å². The molecule has 2 aromatic rings. The highest BCUT2D eigenvalue weighted by Crippen LogP contribution is 2.29. The predicted octanol–water partition coefficient (Wildman–Crippen LogP) is 4.69. The number of benzene rings is 2. The fraction of sp³-hybridized carbons (Fsp3) is 0.292. The highest BCUT2D eigenvalue weighted by molar-refractivity contribution is 5.98. The number of carbonyl (C=O) groups is 1. The Hall–Kier alpha value is -3.44. The van der Waals surface area contributed by atoms with Gasteiger partial charge in [0.1, 0.15) is 5.75 Å². The van der Waals surface area contributed by atoms with Crippen LogP contribution >= 0.6 is 0 Å². The number of rotatable bonds is 7. The van der Waals surface area contributed by atoms with Crippen LogP contribution in [0, 0.1) is 11.8 Å². The topological polar surface area (TPSA) is 58.8 Å². The summed E-state index contributed by atoms with van der Waals surface area (Å²) in [6, 6.07) is 11.2. The van der Waals surface area contributed by atoms with E-state index in [1.165, 1.54) is 24.3 Å². The van der Waals surface area contributed by atoms with Crippen molar-refractivity contribution in [2.24, 2.45) is 5.84 Å². The SMILES string of the molecule is CC#CCCN(N)/C=C(\C)c1ccc2c(c1)CN(Cc1ccc(OC(F)(F)F)cc1)C2=O. The van der Waals surface area contributed by atoms with Crippen LogP contribution in [0.2, 0.25) is 0 Å². The third kappa shape index (κ3) is 6.05. The number of amides is 1. The van der Waals surface area contributed by atoms with Crippen molar-refractivity contribution in [2.45, 2.75) is 39.7 Å². The molecule has 3 rings (SSSR count). The van der Waals surface area contributed by atoms with Crippen molar-refractivity contribution < 1.29 is 22.7 Å². The van der Waals surface area contributed by atoms with Gasteiger partial charge in [-0.1, -0.05) is 18.2 Å². The Morgan fingerprint density at radius 1 is 1.25 bits per heavy atom. The lowest BCUT2D eigenvalue weighted by atomic mass is 10.0. The summed E-state index contributed by atoms with van der Waals surface area (Å²) in [6.45, 7) is 5.07. The molecule has 0 atom stereocenters. The number of nitrogens with zero attached hydrogens (tertiary/aromatic N) is 2. The Kier molecular flexibility index (Phi) is 7.11. The minimum Gasteiger partial charge on any atom is -0.406 e. The van der Waals surface area contributed by atoms with Gasteiger partial charge in [-0.05, 0) is 60.4 Å². The molecule has 0 radical (unpaired) electrons. The zero-order chi connectivity index (χ0) is 23.3. The molecule has 32 heavy (non-hydrogen) atoms. The van der Waals surface area contributed by atoms with Gasteiger partial charge in [0.2, 0.25) is 0 Å². The zero-order valence-corrected chi connectivity index (χ0v) is 17.9. The molecule has 168 valence electrons. The molecule has 1 aliphatic heterocycles. The van der Waals surface area contributed by atoms with Crippen molar-refractivity contribution in [3.63, 3.8) is 0 Å². The van der Waals surface area contributed by atoms with E-state index < -0.39 is 6.36 Å². The van der Waals surface area contributed by atoms with Crippen molar-refractivity contribution in [3.8, 4) is 17.6 Å². The molecular weight excluding hydrogens is 419 g/mol. The monoisotopic (exact) mass is 443 g/mol. The molecule has 0 saturated heterocycles. The van der Waals surface area contributed by atoms with Gasteiger partial charge in [-0.15, -0.1) is 25.0 Å². The van der Waals surface area contributed by atoms with Crippen LogP contribution in [0.25, 0.3) is 5.57 Å². The van der Waals surface area contributed by atoms with Crippen LogP contribution in [0.4, 0.5) is 13.2 Å². The number of alkyl halides is 3. The molecule has 0 aromatic heterocycles. The van der Waals surface area contributed by atoms with E-state index in [0.29, 0.717) is 37.2 Å². The Bertz CT molecular complexity index is 1070. The van der Waals surface area contributed by atoms with Crippen LogP contribution in [0.5, 0.6) is 5.75 Å². The Morgan fingerprint density at radius 2 is 1.97 bits per heavy atom. The predicted molar refractivity (Wildman–Crippen MR) is 116 cm³/mol. The van der Waals surface area contributed by atoms with Crippen molar-refractivity contribution in [1.29, 1.82) is 0 Å². The van der Waals surface area contributed by atoms with Crippen molar-refractivity contribution in [3.05, 3.63) is 70.9 Å². The third-order valence-corrected chi connectivity index (χ3v) is 5.00. The Balaban J connectivity index is 1.67. The summed E-state index contributed by atoms with van der Waals surface area (Å²) in [5, 5.41) is 1.59. The minimum absolute atomic E-state index is 0.109. The van der Waals surface area contributed by atoms with Gasteiger partial charge in [-0.2, -0.15) is 0 Å². The first-order valence-corrected chi connectivity index (χ1v) is 10.0. The molecule has 0 saturated carbocycles. The number of ether oxygens (including phenoxy) is 1. The first kappa shape index (κ1) is 23.2. The van der Waals surface area contributed by atoms with Crippen LogP contribution < -0.4 is 10.6 Å². The van der Waals surface area contributed by atoms with E-state index in [-0.39, 0.29) is 11.7 Å². The summed E-state index contributed by atoms with van der Waals surface area (Å²) in [5.41, 5.74) is 4.17. The second-order valence-corrected chi connectivity index (χ2v) is 7.45. The van der Waals surface area contributed by atoms with Crippen LogP contribution in [-0.2, 0) is 13.1 Å². The lowest BCUT2D eigenvalue weighted by Crippen LogP contribution is -2.26. The highest BCUT2D eigenvalue weighted by atomic mass is 19.4. The zero-order valence-electron chi connectivity index (χ0n) is 17.9. The van der Waals surface area contributed by atoms with E-state index in [0.717, 1.165) is 16.7 Å². The molecule has 0 unspecified atom stereocenters. The molecule has 8 heteroatoms. The summed E-state index contributed by atoms with van der Waals surface area (Å²) in [6.07, 6.45) is -2.21. The van der Waals surface area contributed by atoms with Gasteiger partial charge in [0, 0.05) is 37.8 Å². The molecule has 1 amide bonds. The number of hydrogen-bond acceptors (Lipinski definition) is 4. The average Bonchev–Trinajstić information content (AvgIpc) is 3.03. The summed E-state index contributed by atoms with van der Waals surface area (Å²) in [7, 11) is 0. The van der Waals surface area contributed by atoms with Crippen LogP contribution in [0.1, 0.15) is 47.3 Å². The van der Waals surface area contributed by atoms with Gasteiger partial charge < -0.3 is 14.6 Å². The average molecular weight is 443 g/mol. The number of halogens is 3. The molecule has 0 bridgehead atoms. The first-order valence-electron chi connectivity index (χ1n) is 10.0. The fourth-order valence-electron chi connectivity index (χ4n) is 3.47. The van der Waals surface area contributed by atoms with Crippen molar-refractivity contribution in [2.75, 3.05) is 6.54 Å². The summed E-state index contributed by atoms with van der Waals surface area (Å²) >= 11 is 0. The number of hydrogen-bond donors (Lipinski definition) is 1. The van der Waals surface area contributed by atoms with Gasteiger partial charge in [0.25, 0.3) is 5.91 Å². The molecule has 0 spiro atoms. The maximum atomic E-state index is 12.8.